The zero-order valence-corrected chi connectivity index (χ0v) is 10.2. The first-order valence-electron chi connectivity index (χ1n) is 5.35. The average Bonchev–Trinajstić information content (AvgIpc) is 2.16. The number of hydrogen-bond donors (Lipinski definition) is 2. The van der Waals surface area contributed by atoms with Crippen molar-refractivity contribution in [2.24, 2.45) is 0 Å². The number of carboxylic acids is 1. The minimum Gasteiger partial charge on any atom is -0.481 e. The Balaban J connectivity index is 2.46. The molecule has 0 bridgehead atoms. The van der Waals surface area contributed by atoms with Crippen LogP contribution in [-0.4, -0.2) is 55.2 Å². The van der Waals surface area contributed by atoms with Crippen molar-refractivity contribution in [3.05, 3.63) is 0 Å². The van der Waals surface area contributed by atoms with Crippen LogP contribution in [0.1, 0.15) is 19.8 Å². The van der Waals surface area contributed by atoms with Gasteiger partial charge >= 0.3 is 5.97 Å². The maximum Gasteiger partial charge on any atom is 0.303 e. The highest BCUT2D eigenvalue weighted by molar-refractivity contribution is 7.89. The Bertz CT molecular complexity index is 341. The SMILES string of the molecule is CC1CN(S(=O)(=O)CCCC(=O)O)CCN1. The van der Waals surface area contributed by atoms with E-state index < -0.39 is 16.0 Å². The van der Waals surface area contributed by atoms with E-state index in [0.717, 1.165) is 0 Å². The van der Waals surface area contributed by atoms with Gasteiger partial charge in [-0.1, -0.05) is 0 Å². The van der Waals surface area contributed by atoms with E-state index in [-0.39, 0.29) is 24.6 Å². The standard InChI is InChI=1S/C9H18N2O4S/c1-8-7-11(5-4-10-8)16(14,15)6-2-3-9(12)13/h8,10H,2-7H2,1H3,(H,12,13). The quantitative estimate of drug-likeness (QED) is 0.685. The summed E-state index contributed by atoms with van der Waals surface area (Å²) in [6.07, 6.45) is 0.0802. The van der Waals surface area contributed by atoms with Crippen LogP contribution in [0.5, 0.6) is 0 Å². The van der Waals surface area contributed by atoms with Gasteiger partial charge in [-0.15, -0.1) is 0 Å². The molecule has 1 unspecified atom stereocenters. The van der Waals surface area contributed by atoms with Crippen molar-refractivity contribution in [1.82, 2.24) is 9.62 Å². The molecule has 16 heavy (non-hydrogen) atoms. The van der Waals surface area contributed by atoms with Gasteiger partial charge in [0, 0.05) is 32.1 Å². The molecule has 94 valence electrons. The van der Waals surface area contributed by atoms with Gasteiger partial charge in [-0.05, 0) is 13.3 Å². The highest BCUT2D eigenvalue weighted by Gasteiger charge is 2.26. The highest BCUT2D eigenvalue weighted by atomic mass is 32.2. The zero-order valence-electron chi connectivity index (χ0n) is 9.35. The molecule has 1 aliphatic rings. The Morgan fingerprint density at radius 2 is 2.25 bits per heavy atom. The van der Waals surface area contributed by atoms with Gasteiger partial charge in [0.25, 0.3) is 0 Å². The highest BCUT2D eigenvalue weighted by Crippen LogP contribution is 2.08. The van der Waals surface area contributed by atoms with E-state index in [0.29, 0.717) is 19.6 Å². The maximum absolute atomic E-state index is 11.8. The minimum atomic E-state index is -3.28. The lowest BCUT2D eigenvalue weighted by Crippen LogP contribution is -2.51. The molecule has 0 aromatic rings. The lowest BCUT2D eigenvalue weighted by atomic mass is 10.3. The van der Waals surface area contributed by atoms with Crippen molar-refractivity contribution < 1.29 is 18.3 Å². The van der Waals surface area contributed by atoms with Gasteiger partial charge in [-0.3, -0.25) is 4.79 Å². The molecule has 0 aliphatic carbocycles. The summed E-state index contributed by atoms with van der Waals surface area (Å²) in [6, 6.07) is 0.156. The molecule has 0 aromatic carbocycles. The van der Waals surface area contributed by atoms with Crippen molar-refractivity contribution in [3.63, 3.8) is 0 Å². The first-order valence-corrected chi connectivity index (χ1v) is 6.96. The van der Waals surface area contributed by atoms with E-state index in [1.807, 2.05) is 6.92 Å². The fourth-order valence-electron chi connectivity index (χ4n) is 1.68. The number of carbonyl (C=O) groups is 1. The molecule has 1 saturated heterocycles. The number of aliphatic carboxylic acids is 1. The Hall–Kier alpha value is -0.660. The van der Waals surface area contributed by atoms with E-state index in [9.17, 15) is 13.2 Å². The van der Waals surface area contributed by atoms with Crippen LogP contribution in [-0.2, 0) is 14.8 Å². The second-order valence-corrected chi connectivity index (χ2v) is 6.11. The summed E-state index contributed by atoms with van der Waals surface area (Å²) < 4.78 is 25.1. The van der Waals surface area contributed by atoms with E-state index in [1.54, 1.807) is 0 Å². The summed E-state index contributed by atoms with van der Waals surface area (Å²) in [4.78, 5) is 10.3. The van der Waals surface area contributed by atoms with Crippen LogP contribution in [0.4, 0.5) is 0 Å². The average molecular weight is 250 g/mol. The minimum absolute atomic E-state index is 0.0774. The van der Waals surface area contributed by atoms with Gasteiger partial charge < -0.3 is 10.4 Å². The van der Waals surface area contributed by atoms with Gasteiger partial charge in [0.15, 0.2) is 0 Å². The lowest BCUT2D eigenvalue weighted by molar-refractivity contribution is -0.137. The van der Waals surface area contributed by atoms with Crippen molar-refractivity contribution in [2.45, 2.75) is 25.8 Å². The third-order valence-corrected chi connectivity index (χ3v) is 4.44. The Morgan fingerprint density at radius 3 is 2.81 bits per heavy atom. The largest absolute Gasteiger partial charge is 0.481 e. The Kier molecular flexibility index (Phi) is 4.69. The number of nitrogens with zero attached hydrogens (tertiary/aromatic N) is 1. The summed E-state index contributed by atoms with van der Waals surface area (Å²) in [5.41, 5.74) is 0. The molecule has 1 heterocycles. The number of carboxylic acid groups (broad SMARTS) is 1. The van der Waals surface area contributed by atoms with Crippen molar-refractivity contribution in [1.29, 1.82) is 0 Å². The predicted molar refractivity (Wildman–Crippen MR) is 59.7 cm³/mol. The molecule has 0 spiro atoms. The third-order valence-electron chi connectivity index (χ3n) is 2.52. The van der Waals surface area contributed by atoms with Crippen molar-refractivity contribution in [3.8, 4) is 0 Å². The van der Waals surface area contributed by atoms with Crippen LogP contribution in [0.15, 0.2) is 0 Å². The summed E-state index contributed by atoms with van der Waals surface area (Å²) in [5, 5.41) is 11.6. The maximum atomic E-state index is 11.8. The Morgan fingerprint density at radius 1 is 1.56 bits per heavy atom. The first-order chi connectivity index (χ1) is 7.42. The smallest absolute Gasteiger partial charge is 0.303 e. The number of rotatable bonds is 5. The lowest BCUT2D eigenvalue weighted by Gasteiger charge is -2.30. The van der Waals surface area contributed by atoms with Crippen molar-refractivity contribution >= 4 is 16.0 Å². The molecule has 1 rings (SSSR count). The molecule has 0 radical (unpaired) electrons. The second kappa shape index (κ2) is 5.60. The fourth-order valence-corrected chi connectivity index (χ4v) is 3.27. The summed E-state index contributed by atoms with van der Waals surface area (Å²) in [6.45, 7) is 3.52. The molecule has 0 saturated carbocycles. The van der Waals surface area contributed by atoms with E-state index in [1.165, 1.54) is 4.31 Å². The second-order valence-electron chi connectivity index (χ2n) is 4.03. The van der Waals surface area contributed by atoms with Gasteiger partial charge in [0.1, 0.15) is 0 Å². The molecular formula is C9H18N2O4S. The molecule has 1 fully saturated rings. The topological polar surface area (TPSA) is 86.7 Å². The van der Waals surface area contributed by atoms with Gasteiger partial charge in [0.05, 0.1) is 5.75 Å². The molecule has 0 aromatic heterocycles. The summed E-state index contributed by atoms with van der Waals surface area (Å²) >= 11 is 0. The van der Waals surface area contributed by atoms with Crippen LogP contribution in [0.25, 0.3) is 0 Å². The van der Waals surface area contributed by atoms with Crippen molar-refractivity contribution in [2.75, 3.05) is 25.4 Å². The van der Waals surface area contributed by atoms with Gasteiger partial charge in [-0.2, -0.15) is 4.31 Å². The summed E-state index contributed by atoms with van der Waals surface area (Å²) in [7, 11) is -3.28. The molecule has 0 amide bonds. The number of piperazine rings is 1. The monoisotopic (exact) mass is 250 g/mol. The predicted octanol–water partition coefficient (Wildman–Crippen LogP) is -0.525. The summed E-state index contributed by atoms with van der Waals surface area (Å²) in [5.74, 6) is -1.03. The zero-order chi connectivity index (χ0) is 12.2. The number of nitrogens with one attached hydrogen (secondary N) is 1. The number of hydrogen-bond acceptors (Lipinski definition) is 4. The van der Waals surface area contributed by atoms with E-state index in [2.05, 4.69) is 5.32 Å². The molecule has 1 aliphatic heterocycles. The first kappa shape index (κ1) is 13.4. The van der Waals surface area contributed by atoms with Crippen LogP contribution >= 0.6 is 0 Å². The molecule has 1 atom stereocenters. The molecule has 7 heteroatoms. The fraction of sp³-hybridized carbons (Fsp3) is 0.889. The van der Waals surface area contributed by atoms with E-state index >= 15 is 0 Å². The molecule has 6 nitrogen and oxygen atoms in total. The normalized spacial score (nSPS) is 23.2. The molecular weight excluding hydrogens is 232 g/mol. The van der Waals surface area contributed by atoms with Gasteiger partial charge in [-0.25, -0.2) is 8.42 Å². The van der Waals surface area contributed by atoms with Crippen LogP contribution in [0.2, 0.25) is 0 Å². The number of sulfonamides is 1. The Labute approximate surface area is 95.7 Å². The van der Waals surface area contributed by atoms with Gasteiger partial charge in [0.2, 0.25) is 10.0 Å². The van der Waals surface area contributed by atoms with Crippen LogP contribution in [0.3, 0.4) is 0 Å². The van der Waals surface area contributed by atoms with Crippen LogP contribution < -0.4 is 5.32 Å². The van der Waals surface area contributed by atoms with E-state index in [4.69, 9.17) is 5.11 Å². The molecule has 2 N–H and O–H groups in total. The van der Waals surface area contributed by atoms with Crippen LogP contribution in [0, 0.1) is 0 Å². The third kappa shape index (κ3) is 4.07.